The second-order valence-corrected chi connectivity index (χ2v) is 20.2. The highest BCUT2D eigenvalue weighted by Gasteiger charge is 2.70. The molecule has 0 amide bonds. The second kappa shape index (κ2) is 12.4. The summed E-state index contributed by atoms with van der Waals surface area (Å²) in [6.07, 6.45) is 9.95. The van der Waals surface area contributed by atoms with Crippen LogP contribution < -0.4 is 0 Å². The molecule has 9 atom stereocenters. The number of phenols is 4. The van der Waals surface area contributed by atoms with E-state index in [1.165, 1.54) is 19.4 Å². The molecule has 10 heteroatoms. The first-order chi connectivity index (χ1) is 25.8. The summed E-state index contributed by atoms with van der Waals surface area (Å²) in [5.74, 6) is -3.38. The first-order valence-electron chi connectivity index (χ1n) is 20.2. The Morgan fingerprint density at radius 1 is 0.696 bits per heavy atom. The van der Waals surface area contributed by atoms with Gasteiger partial charge in [0.25, 0.3) is 0 Å². The van der Waals surface area contributed by atoms with Crippen molar-refractivity contribution in [3.05, 3.63) is 57.2 Å². The van der Waals surface area contributed by atoms with Crippen LogP contribution in [-0.2, 0) is 9.59 Å². The van der Waals surface area contributed by atoms with Gasteiger partial charge in [0.05, 0.1) is 33.8 Å². The molecule has 0 bridgehead atoms. The Morgan fingerprint density at radius 2 is 1.21 bits per heavy atom. The van der Waals surface area contributed by atoms with Gasteiger partial charge in [-0.15, -0.1) is 0 Å². The number of allylic oxidation sites excluding steroid dienone is 2. The van der Waals surface area contributed by atoms with Crippen molar-refractivity contribution in [2.45, 2.75) is 126 Å². The van der Waals surface area contributed by atoms with Gasteiger partial charge >= 0.3 is 5.97 Å². The number of carboxylic acids is 1. The molecular formula is C46H58O10. The summed E-state index contributed by atoms with van der Waals surface area (Å²) in [6.45, 7) is 18.8. The highest BCUT2D eigenvalue weighted by molar-refractivity contribution is 6.32. The van der Waals surface area contributed by atoms with Gasteiger partial charge in [0.15, 0.2) is 5.78 Å². The fourth-order valence-electron chi connectivity index (χ4n) is 13.1. The molecule has 0 aromatic heterocycles. The average molecular weight is 771 g/mol. The molecule has 4 saturated carbocycles. The maximum atomic E-state index is 14.2. The van der Waals surface area contributed by atoms with Crippen molar-refractivity contribution in [1.82, 2.24) is 0 Å². The zero-order valence-corrected chi connectivity index (χ0v) is 34.2. The third kappa shape index (κ3) is 5.15. The molecule has 0 heterocycles. The van der Waals surface area contributed by atoms with Gasteiger partial charge < -0.3 is 30.6 Å². The molecular weight excluding hydrogens is 712 g/mol. The molecule has 10 nitrogen and oxygen atoms in total. The number of aliphatic carboxylic acids is 1. The fourth-order valence-corrected chi connectivity index (χ4v) is 13.1. The number of aryl methyl sites for hydroxylation is 2. The van der Waals surface area contributed by atoms with Crippen molar-refractivity contribution in [2.24, 2.45) is 50.2 Å². The summed E-state index contributed by atoms with van der Waals surface area (Å²) in [5.41, 5.74) is -0.903. The van der Waals surface area contributed by atoms with E-state index in [2.05, 4.69) is 41.5 Å². The minimum Gasteiger partial charge on any atom is -0.507 e. The number of carbonyl (C=O) groups excluding carboxylic acids is 3. The van der Waals surface area contributed by atoms with Crippen LogP contribution in [0.25, 0.3) is 0 Å². The third-order valence-electron chi connectivity index (χ3n) is 16.9. The van der Waals surface area contributed by atoms with E-state index in [-0.39, 0.29) is 84.2 Å². The van der Waals surface area contributed by atoms with Gasteiger partial charge in [-0.3, -0.25) is 19.2 Å². The minimum absolute atomic E-state index is 0.0296. The Balaban J connectivity index is 0.000000189. The Labute approximate surface area is 329 Å². The number of hydrogen-bond donors (Lipinski definition) is 6. The van der Waals surface area contributed by atoms with Gasteiger partial charge in [-0.2, -0.15) is 0 Å². The first kappa shape index (κ1) is 40.0. The summed E-state index contributed by atoms with van der Waals surface area (Å²) in [5, 5.41) is 61.0. The SMILES string of the molecule is CC1(C(=O)O)CCC2(C)CCC3(C)C(=CC(=O)C4C5(C)CCC(O)C(C)(C)C5CCC43C)C2C1.Cc1cc(O)c2c(c1O)C(=O)c1c(O)cc(C)c(O)c1C2=O. The quantitative estimate of drug-likeness (QED) is 0.131. The predicted octanol–water partition coefficient (Wildman–Crippen LogP) is 8.31. The predicted molar refractivity (Wildman–Crippen MR) is 209 cm³/mol. The van der Waals surface area contributed by atoms with Crippen LogP contribution >= 0.6 is 0 Å². The van der Waals surface area contributed by atoms with E-state index in [1.807, 2.05) is 13.0 Å². The second-order valence-electron chi connectivity index (χ2n) is 20.2. The molecule has 0 saturated heterocycles. The Bertz CT molecular complexity index is 2070. The molecule has 0 aliphatic heterocycles. The molecule has 9 unspecified atom stereocenters. The van der Waals surface area contributed by atoms with Gasteiger partial charge in [0.1, 0.15) is 23.0 Å². The van der Waals surface area contributed by atoms with Crippen LogP contribution in [-0.4, -0.2) is 60.1 Å². The molecule has 6 N–H and O–H groups in total. The highest BCUT2D eigenvalue weighted by atomic mass is 16.4. The number of aromatic hydroxyl groups is 4. The summed E-state index contributed by atoms with van der Waals surface area (Å²) in [7, 11) is 0. The van der Waals surface area contributed by atoms with Gasteiger partial charge in [-0.05, 0) is 147 Å². The maximum Gasteiger partial charge on any atom is 0.309 e. The highest BCUT2D eigenvalue weighted by Crippen LogP contribution is 2.75. The van der Waals surface area contributed by atoms with Crippen LogP contribution in [0.15, 0.2) is 23.8 Å². The van der Waals surface area contributed by atoms with Crippen molar-refractivity contribution in [2.75, 3.05) is 0 Å². The lowest BCUT2D eigenvalue weighted by Gasteiger charge is -2.70. The molecule has 56 heavy (non-hydrogen) atoms. The van der Waals surface area contributed by atoms with Gasteiger partial charge in [0.2, 0.25) is 11.6 Å². The maximum absolute atomic E-state index is 14.2. The lowest BCUT2D eigenvalue weighted by molar-refractivity contribution is -0.202. The van der Waals surface area contributed by atoms with E-state index < -0.39 is 45.9 Å². The molecule has 0 spiro atoms. The zero-order chi connectivity index (χ0) is 41.5. The monoisotopic (exact) mass is 770 g/mol. The number of benzene rings is 2. The number of hydrogen-bond acceptors (Lipinski definition) is 9. The van der Waals surface area contributed by atoms with Crippen molar-refractivity contribution in [1.29, 1.82) is 0 Å². The largest absolute Gasteiger partial charge is 0.507 e. The number of phenolic OH excluding ortho intramolecular Hbond substituents is 4. The number of aliphatic hydroxyl groups is 1. The number of ketones is 3. The standard InChI is InChI=1S/C30H46O4.C16H12O6/c1-25(2)21-8-11-30(7)23(28(21,5)10-9-22(25)32)20(31)16-18-19-17-27(4,24(33)34)13-12-26(19,3)14-15-29(18,30)6;1-5-3-7(17)9-11(13(5)19)15(21)10-8(18)4-6(2)14(20)12(10)16(9)22/h16,19,21-23,32H,8-15,17H2,1-7H3,(H,33,34);3-4,17-20H,1-2H3. The summed E-state index contributed by atoms with van der Waals surface area (Å²) < 4.78 is 0. The normalized spacial score (nSPS) is 38.0. The Kier molecular flexibility index (Phi) is 8.87. The van der Waals surface area contributed by atoms with Crippen LogP contribution in [0.4, 0.5) is 0 Å². The molecule has 6 aliphatic carbocycles. The van der Waals surface area contributed by atoms with E-state index in [0.29, 0.717) is 12.3 Å². The Hall–Kier alpha value is -4.18. The third-order valence-corrected chi connectivity index (χ3v) is 16.9. The topological polar surface area (TPSA) is 190 Å². The minimum atomic E-state index is -0.825. The molecule has 4 fully saturated rings. The van der Waals surface area contributed by atoms with Crippen LogP contribution in [0.5, 0.6) is 23.0 Å². The average Bonchev–Trinajstić information content (AvgIpc) is 3.10. The molecule has 302 valence electrons. The van der Waals surface area contributed by atoms with Gasteiger partial charge in [0, 0.05) is 5.92 Å². The lowest BCUT2D eigenvalue weighted by Crippen LogP contribution is -2.66. The van der Waals surface area contributed by atoms with Crippen LogP contribution in [0.2, 0.25) is 0 Å². The van der Waals surface area contributed by atoms with Crippen molar-refractivity contribution in [3.8, 4) is 23.0 Å². The van der Waals surface area contributed by atoms with E-state index in [0.717, 1.165) is 63.5 Å². The fraction of sp³-hybridized carbons (Fsp3) is 0.609. The van der Waals surface area contributed by atoms with E-state index in [4.69, 9.17) is 0 Å². The van der Waals surface area contributed by atoms with Gasteiger partial charge in [-0.25, -0.2) is 0 Å². The Morgan fingerprint density at radius 3 is 1.73 bits per heavy atom. The number of rotatable bonds is 1. The number of carbonyl (C=O) groups is 4. The lowest BCUT2D eigenvalue weighted by atomic mass is 9.33. The summed E-state index contributed by atoms with van der Waals surface area (Å²) in [6, 6.07) is 2.33. The van der Waals surface area contributed by atoms with Crippen molar-refractivity contribution in [3.63, 3.8) is 0 Å². The number of fused-ring (bicyclic) bond motifs is 9. The molecule has 2 aromatic rings. The van der Waals surface area contributed by atoms with Crippen molar-refractivity contribution < 1.29 is 49.8 Å². The van der Waals surface area contributed by atoms with E-state index in [9.17, 15) is 49.8 Å². The molecule has 8 rings (SSSR count). The van der Waals surface area contributed by atoms with E-state index >= 15 is 0 Å². The first-order valence-corrected chi connectivity index (χ1v) is 20.2. The van der Waals surface area contributed by atoms with Gasteiger partial charge in [-0.1, -0.05) is 47.1 Å². The number of carboxylic acid groups (broad SMARTS) is 1. The zero-order valence-electron chi connectivity index (χ0n) is 34.2. The summed E-state index contributed by atoms with van der Waals surface area (Å²) in [4.78, 5) is 51.6. The van der Waals surface area contributed by atoms with Crippen LogP contribution in [0.1, 0.15) is 149 Å². The summed E-state index contributed by atoms with van der Waals surface area (Å²) >= 11 is 0. The van der Waals surface area contributed by atoms with Crippen molar-refractivity contribution >= 4 is 23.3 Å². The number of aliphatic hydroxyl groups excluding tert-OH is 1. The van der Waals surface area contributed by atoms with Crippen LogP contribution in [0.3, 0.4) is 0 Å². The molecule has 0 radical (unpaired) electrons. The molecule has 2 aromatic carbocycles. The van der Waals surface area contributed by atoms with E-state index in [1.54, 1.807) is 0 Å². The van der Waals surface area contributed by atoms with Crippen LogP contribution in [0, 0.1) is 64.1 Å². The molecule has 6 aliphatic rings. The smallest absolute Gasteiger partial charge is 0.309 e.